The molecule has 0 aliphatic carbocycles. The van der Waals surface area contributed by atoms with Gasteiger partial charge in [-0.1, -0.05) is 171 Å². The van der Waals surface area contributed by atoms with E-state index in [4.69, 9.17) is 9.72 Å². The van der Waals surface area contributed by atoms with E-state index in [1.807, 2.05) is 22.9 Å². The maximum absolute atomic E-state index is 6.91. The van der Waals surface area contributed by atoms with Crippen LogP contribution in [0.5, 0.6) is 11.5 Å². The number of aromatic nitrogens is 4. The van der Waals surface area contributed by atoms with Crippen LogP contribution in [0.3, 0.4) is 0 Å². The van der Waals surface area contributed by atoms with Crippen LogP contribution in [0.4, 0.5) is 0 Å². The molecular weight excluding hydrogens is 964 g/mol. The van der Waals surface area contributed by atoms with Crippen LogP contribution < -0.4 is 9.30 Å². The van der Waals surface area contributed by atoms with Gasteiger partial charge in [0.05, 0.1) is 11.4 Å². The van der Waals surface area contributed by atoms with Gasteiger partial charge in [-0.05, 0) is 79.9 Å². The first-order valence-electron chi connectivity index (χ1n) is 22.0. The Hall–Kier alpha value is -6.03. The molecule has 0 saturated carbocycles. The van der Waals surface area contributed by atoms with Crippen LogP contribution in [-0.2, 0) is 42.7 Å². The summed E-state index contributed by atoms with van der Waals surface area (Å²) in [5.41, 5.74) is 10.2. The quantitative estimate of drug-likeness (QED) is 0.107. The molecule has 0 saturated heterocycles. The molecule has 6 heteroatoms. The first kappa shape index (κ1) is 44.6. The average molecular weight is 1020 g/mol. The van der Waals surface area contributed by atoms with Gasteiger partial charge < -0.3 is 13.9 Å². The Morgan fingerprint density at radius 2 is 1.20 bits per heavy atom. The summed E-state index contributed by atoms with van der Waals surface area (Å²) in [4.78, 5) is 5.05. The monoisotopic (exact) mass is 1020 g/mol. The van der Waals surface area contributed by atoms with Crippen molar-refractivity contribution < 1.29 is 30.4 Å². The summed E-state index contributed by atoms with van der Waals surface area (Å²) in [6.45, 7) is 22.6. The first-order valence-corrected chi connectivity index (χ1v) is 22.0. The number of rotatable bonds is 9. The van der Waals surface area contributed by atoms with Gasteiger partial charge in [-0.2, -0.15) is 12.1 Å². The molecule has 64 heavy (non-hydrogen) atoms. The Kier molecular flexibility index (Phi) is 11.7. The van der Waals surface area contributed by atoms with Crippen molar-refractivity contribution >= 4 is 21.8 Å². The van der Waals surface area contributed by atoms with Gasteiger partial charge >= 0.3 is 0 Å². The van der Waals surface area contributed by atoms with E-state index < -0.39 is 5.41 Å². The molecular formula is C58H56N4OPt-2. The minimum Gasteiger partial charge on any atom is -0.510 e. The predicted molar refractivity (Wildman–Crippen MR) is 257 cm³/mol. The van der Waals surface area contributed by atoms with E-state index in [-0.39, 0.29) is 37.3 Å². The Labute approximate surface area is 393 Å². The summed E-state index contributed by atoms with van der Waals surface area (Å²) in [5, 5.41) is 2.26. The van der Waals surface area contributed by atoms with E-state index in [2.05, 4.69) is 236 Å². The fourth-order valence-electron chi connectivity index (χ4n) is 8.82. The number of para-hydroxylation sites is 1. The molecule has 0 aliphatic rings. The molecule has 6 aromatic carbocycles. The van der Waals surface area contributed by atoms with Crippen molar-refractivity contribution in [2.45, 2.75) is 90.9 Å². The Balaban J connectivity index is 0.00000560. The van der Waals surface area contributed by atoms with Gasteiger partial charge in [-0.3, -0.25) is 4.57 Å². The van der Waals surface area contributed by atoms with Crippen LogP contribution in [0.15, 0.2) is 158 Å². The molecule has 326 valence electrons. The van der Waals surface area contributed by atoms with Crippen molar-refractivity contribution in [2.75, 3.05) is 0 Å². The van der Waals surface area contributed by atoms with Crippen molar-refractivity contribution in [2.24, 2.45) is 0 Å². The summed E-state index contributed by atoms with van der Waals surface area (Å²) in [6.07, 6.45) is 7.75. The molecule has 0 unspecified atom stereocenters. The maximum Gasteiger partial charge on any atom is 0.267 e. The van der Waals surface area contributed by atoms with E-state index in [9.17, 15) is 0 Å². The third kappa shape index (κ3) is 8.27. The largest absolute Gasteiger partial charge is 0.510 e. The van der Waals surface area contributed by atoms with Crippen molar-refractivity contribution in [1.82, 2.24) is 14.1 Å². The normalized spacial score (nSPS) is 12.4. The summed E-state index contributed by atoms with van der Waals surface area (Å²) in [5.74, 6) is 2.01. The molecule has 5 nitrogen and oxygen atoms in total. The molecule has 0 atom stereocenters. The van der Waals surface area contributed by atoms with Crippen LogP contribution in [0.25, 0.3) is 39.0 Å². The van der Waals surface area contributed by atoms with Crippen LogP contribution >= 0.6 is 0 Å². The Morgan fingerprint density at radius 1 is 0.562 bits per heavy atom. The molecule has 3 heterocycles. The topological polar surface area (TPSA) is 35.9 Å². The zero-order valence-electron chi connectivity index (χ0n) is 38.5. The number of imidazole rings is 1. The van der Waals surface area contributed by atoms with Crippen molar-refractivity contribution in [3.05, 3.63) is 210 Å². The summed E-state index contributed by atoms with van der Waals surface area (Å²) in [6, 6.07) is 58.7. The van der Waals surface area contributed by atoms with Crippen molar-refractivity contribution in [1.29, 1.82) is 0 Å². The van der Waals surface area contributed by atoms with Gasteiger partial charge in [0.25, 0.3) is 6.33 Å². The summed E-state index contributed by atoms with van der Waals surface area (Å²) < 4.78 is 13.4. The molecule has 0 amide bonds. The van der Waals surface area contributed by atoms with Crippen molar-refractivity contribution in [3.8, 4) is 28.7 Å². The van der Waals surface area contributed by atoms with Crippen molar-refractivity contribution in [3.63, 3.8) is 0 Å². The molecule has 0 aliphatic heterocycles. The van der Waals surface area contributed by atoms with Crippen LogP contribution in [0.2, 0.25) is 0 Å². The SMILES string of the molecule is CC(C)(C)c1cccc(-[n+]2[c-]n(-c3[c-]c(Oc4[c-]c5c(c(C(C)(C)c6ccccc6)c4)c4ccccc4n5-c4cc(C(C)(C)c5ccccc5)ccn4)ccc3)cc2C(C)(C)C)c1.[Pt]. The second-order valence-corrected chi connectivity index (χ2v) is 19.9. The Morgan fingerprint density at radius 3 is 1.89 bits per heavy atom. The fraction of sp³-hybridized carbons (Fsp3) is 0.241. The van der Waals surface area contributed by atoms with Crippen LogP contribution in [-0.4, -0.2) is 14.1 Å². The third-order valence-corrected chi connectivity index (χ3v) is 12.7. The zero-order valence-corrected chi connectivity index (χ0v) is 40.8. The molecule has 9 aromatic rings. The Bertz CT molecular complexity index is 3110. The third-order valence-electron chi connectivity index (χ3n) is 12.7. The minimum absolute atomic E-state index is 0. The number of fused-ring (bicyclic) bond motifs is 3. The standard InChI is InChI=1S/C58H56N4O.Pt/c1-55(2,3)42-25-19-27-45(33-42)61-39-60(38-52(61)56(4,5)6)44-26-20-28-46(35-44)63-47-36-49(58(9,10)41-23-15-12-16-24-41)54-48-29-17-18-30-50(48)62(51(54)37-47)53-34-43(31-32-59-53)57(7,8)40-21-13-11-14-22-40;/h11-34,36,38H,1-10H3;/q-2;. The van der Waals surface area contributed by atoms with Crippen LogP contribution in [0.1, 0.15) is 103 Å². The molecule has 0 spiro atoms. The van der Waals surface area contributed by atoms with Gasteiger partial charge in [-0.25, -0.2) is 4.98 Å². The summed E-state index contributed by atoms with van der Waals surface area (Å²) in [7, 11) is 0. The van der Waals surface area contributed by atoms with E-state index in [0.29, 0.717) is 11.5 Å². The number of pyridine rings is 1. The van der Waals surface area contributed by atoms with Gasteiger partial charge in [0.1, 0.15) is 5.82 Å². The van der Waals surface area contributed by atoms with E-state index in [1.165, 1.54) is 22.3 Å². The van der Waals surface area contributed by atoms with E-state index >= 15 is 0 Å². The number of nitrogens with zero attached hydrogens (tertiary/aromatic N) is 4. The minimum atomic E-state index is -0.404. The van der Waals surface area contributed by atoms with Crippen LogP contribution in [0, 0.1) is 18.5 Å². The number of hydrogen-bond acceptors (Lipinski definition) is 2. The van der Waals surface area contributed by atoms with E-state index in [1.54, 1.807) is 0 Å². The maximum atomic E-state index is 6.91. The van der Waals surface area contributed by atoms with Gasteiger partial charge in [0.2, 0.25) is 0 Å². The van der Waals surface area contributed by atoms with Gasteiger partial charge in [0, 0.05) is 55.9 Å². The molecule has 9 rings (SSSR count). The van der Waals surface area contributed by atoms with E-state index in [0.717, 1.165) is 50.3 Å². The average Bonchev–Trinajstić information content (AvgIpc) is 3.88. The molecule has 0 N–H and O–H groups in total. The second kappa shape index (κ2) is 16.8. The molecule has 0 radical (unpaired) electrons. The van der Waals surface area contributed by atoms with Gasteiger partial charge in [-0.15, -0.1) is 29.8 Å². The summed E-state index contributed by atoms with van der Waals surface area (Å²) >= 11 is 0. The second-order valence-electron chi connectivity index (χ2n) is 19.9. The molecule has 0 fully saturated rings. The zero-order chi connectivity index (χ0) is 44.3. The number of benzene rings is 6. The molecule has 3 aromatic heterocycles. The number of hydrogen-bond donors (Lipinski definition) is 0. The number of ether oxygens (including phenoxy) is 1. The fourth-order valence-corrected chi connectivity index (χ4v) is 8.82. The van der Waals surface area contributed by atoms with Gasteiger partial charge in [0.15, 0.2) is 0 Å². The smallest absolute Gasteiger partial charge is 0.267 e. The first-order chi connectivity index (χ1) is 30.0. The molecule has 0 bridgehead atoms. The predicted octanol–water partition coefficient (Wildman–Crippen LogP) is 13.7.